The third kappa shape index (κ3) is 4.74. The number of aromatic nitrogens is 1. The minimum Gasteiger partial charge on any atom is -0.375 e. The monoisotopic (exact) mass is 473 g/mol. The summed E-state index contributed by atoms with van der Waals surface area (Å²) in [4.78, 5) is 46.3. The van der Waals surface area contributed by atoms with E-state index in [1.807, 2.05) is 30.1 Å². The van der Waals surface area contributed by atoms with Crippen molar-refractivity contribution < 1.29 is 14.4 Å². The molecule has 0 saturated carbocycles. The van der Waals surface area contributed by atoms with E-state index in [9.17, 15) is 14.4 Å². The average molecular weight is 474 g/mol. The van der Waals surface area contributed by atoms with Crippen molar-refractivity contribution in [2.24, 2.45) is 0 Å². The molecule has 2 aliphatic rings. The third-order valence-corrected chi connectivity index (χ3v) is 6.88. The molecule has 178 valence electrons. The Morgan fingerprint density at radius 3 is 2.82 bits per heavy atom. The Labute approximate surface area is 197 Å². The van der Waals surface area contributed by atoms with Gasteiger partial charge in [0.1, 0.15) is 12.7 Å². The maximum absolute atomic E-state index is 12.9. The lowest BCUT2D eigenvalue weighted by atomic mass is 10.1. The Balaban J connectivity index is 1.54. The second-order valence-corrected chi connectivity index (χ2v) is 9.46. The van der Waals surface area contributed by atoms with Crippen LogP contribution in [0.4, 0.5) is 9.93 Å². The van der Waals surface area contributed by atoms with Crippen molar-refractivity contribution in [1.29, 1.82) is 0 Å². The van der Waals surface area contributed by atoms with E-state index in [2.05, 4.69) is 17.2 Å². The van der Waals surface area contributed by atoms with E-state index in [4.69, 9.17) is 5.73 Å². The van der Waals surface area contributed by atoms with Crippen molar-refractivity contribution >= 4 is 44.5 Å². The number of para-hydroxylation sites is 1. The molecule has 0 aliphatic carbocycles. The molecule has 1 aromatic carbocycles. The molecule has 33 heavy (non-hydrogen) atoms. The van der Waals surface area contributed by atoms with Gasteiger partial charge in [-0.3, -0.25) is 14.6 Å². The SMILES string of the molecule is CCCCNC(=O)N(CCC)N1CC(=O)N2CC(=O)N(Cc3cccc4sc(N)nc34)C[C@@H]21. The lowest BCUT2D eigenvalue weighted by Gasteiger charge is -2.42. The van der Waals surface area contributed by atoms with Gasteiger partial charge in [0.05, 0.1) is 23.3 Å². The zero-order chi connectivity index (χ0) is 23.5. The molecule has 3 N–H and O–H groups in total. The predicted octanol–water partition coefficient (Wildman–Crippen LogP) is 1.83. The second kappa shape index (κ2) is 9.92. The number of thiazole rings is 1. The Morgan fingerprint density at radius 1 is 1.24 bits per heavy atom. The summed E-state index contributed by atoms with van der Waals surface area (Å²) in [5.74, 6) is -0.249. The number of nitrogens with zero attached hydrogens (tertiary/aromatic N) is 5. The van der Waals surface area contributed by atoms with Crippen LogP contribution in [-0.2, 0) is 16.1 Å². The Morgan fingerprint density at radius 2 is 2.06 bits per heavy atom. The van der Waals surface area contributed by atoms with Gasteiger partial charge >= 0.3 is 6.03 Å². The van der Waals surface area contributed by atoms with E-state index in [0.717, 1.165) is 35.0 Å². The summed E-state index contributed by atoms with van der Waals surface area (Å²) in [6, 6.07) is 5.64. The average Bonchev–Trinajstić information content (AvgIpc) is 3.32. The van der Waals surface area contributed by atoms with E-state index >= 15 is 0 Å². The fourth-order valence-electron chi connectivity index (χ4n) is 4.37. The number of anilines is 1. The molecule has 0 unspecified atom stereocenters. The first-order chi connectivity index (χ1) is 15.9. The molecule has 11 heteroatoms. The summed E-state index contributed by atoms with van der Waals surface area (Å²) in [6.45, 7) is 5.96. The van der Waals surface area contributed by atoms with Gasteiger partial charge in [0.2, 0.25) is 11.8 Å². The van der Waals surface area contributed by atoms with Crippen LogP contribution in [0.1, 0.15) is 38.7 Å². The summed E-state index contributed by atoms with van der Waals surface area (Å²) < 4.78 is 0.978. The number of carbonyl (C=O) groups is 3. The van der Waals surface area contributed by atoms with Crippen LogP contribution in [0, 0.1) is 0 Å². The highest BCUT2D eigenvalue weighted by Gasteiger charge is 2.47. The van der Waals surface area contributed by atoms with Gasteiger partial charge in [0.25, 0.3) is 0 Å². The topological polar surface area (TPSA) is 115 Å². The first-order valence-corrected chi connectivity index (χ1v) is 12.3. The summed E-state index contributed by atoms with van der Waals surface area (Å²) in [5.41, 5.74) is 7.61. The molecule has 10 nitrogen and oxygen atoms in total. The van der Waals surface area contributed by atoms with E-state index in [-0.39, 0.29) is 37.1 Å². The summed E-state index contributed by atoms with van der Waals surface area (Å²) in [7, 11) is 0. The van der Waals surface area contributed by atoms with Crippen LogP contribution < -0.4 is 11.1 Å². The van der Waals surface area contributed by atoms with Gasteiger partial charge in [-0.2, -0.15) is 5.01 Å². The van der Waals surface area contributed by atoms with Gasteiger partial charge in [-0.25, -0.2) is 9.78 Å². The quantitative estimate of drug-likeness (QED) is 0.565. The van der Waals surface area contributed by atoms with Crippen LogP contribution in [0.25, 0.3) is 10.2 Å². The van der Waals surface area contributed by atoms with Crippen molar-refractivity contribution in [2.45, 2.75) is 45.8 Å². The van der Waals surface area contributed by atoms with Gasteiger partial charge in [0, 0.05) is 19.6 Å². The standard InChI is InChI=1S/C22H31N7O3S/c1-3-5-9-24-22(32)28(10-4-2)29-14-19(31)27-13-18(30)26(12-17(27)29)11-15-7-6-8-16-20(15)25-21(23)33-16/h6-8,17H,3-5,9-14H2,1-2H3,(H2,23,25)(H,24,32)/t17-/m0/s1. The van der Waals surface area contributed by atoms with Crippen molar-refractivity contribution in [3.8, 4) is 0 Å². The highest BCUT2D eigenvalue weighted by molar-refractivity contribution is 7.22. The molecule has 2 saturated heterocycles. The van der Waals surface area contributed by atoms with Crippen molar-refractivity contribution in [3.05, 3.63) is 23.8 Å². The number of nitrogens with one attached hydrogen (secondary N) is 1. The Bertz CT molecular complexity index is 1040. The number of carbonyl (C=O) groups excluding carboxylic acids is 3. The van der Waals surface area contributed by atoms with Gasteiger partial charge in [0.15, 0.2) is 5.13 Å². The van der Waals surface area contributed by atoms with Crippen LogP contribution in [0.15, 0.2) is 18.2 Å². The number of hydrogen-bond donors (Lipinski definition) is 2. The fraction of sp³-hybridized carbons (Fsp3) is 0.545. The van der Waals surface area contributed by atoms with Crippen LogP contribution in [-0.4, -0.2) is 81.5 Å². The Hall–Kier alpha value is -2.92. The van der Waals surface area contributed by atoms with E-state index in [1.54, 1.807) is 14.8 Å². The lowest BCUT2D eigenvalue weighted by molar-refractivity contribution is -0.149. The molecule has 2 aliphatic heterocycles. The minimum atomic E-state index is -0.376. The van der Waals surface area contributed by atoms with Gasteiger partial charge in [-0.1, -0.05) is 43.7 Å². The summed E-state index contributed by atoms with van der Waals surface area (Å²) in [6.07, 6.45) is 2.27. The highest BCUT2D eigenvalue weighted by Crippen LogP contribution is 2.29. The first-order valence-electron chi connectivity index (χ1n) is 11.5. The smallest absolute Gasteiger partial charge is 0.332 e. The molecule has 0 bridgehead atoms. The molecule has 2 aromatic rings. The molecule has 3 heterocycles. The molecular formula is C22H31N7O3S. The first kappa shape index (κ1) is 23.2. The largest absolute Gasteiger partial charge is 0.375 e. The lowest BCUT2D eigenvalue weighted by Crippen LogP contribution is -2.62. The van der Waals surface area contributed by atoms with Crippen molar-refractivity contribution in [1.82, 2.24) is 30.1 Å². The molecule has 1 aromatic heterocycles. The second-order valence-electron chi connectivity index (χ2n) is 8.40. The van der Waals surface area contributed by atoms with Gasteiger partial charge in [-0.05, 0) is 24.5 Å². The van der Waals surface area contributed by atoms with Crippen LogP contribution in [0.2, 0.25) is 0 Å². The number of piperazine rings is 1. The van der Waals surface area contributed by atoms with Crippen molar-refractivity contribution in [3.63, 3.8) is 0 Å². The number of hydrogen-bond acceptors (Lipinski definition) is 7. The number of rotatable bonds is 8. The maximum Gasteiger partial charge on any atom is 0.332 e. The van der Waals surface area contributed by atoms with Crippen LogP contribution in [0.3, 0.4) is 0 Å². The molecule has 1 atom stereocenters. The summed E-state index contributed by atoms with van der Waals surface area (Å²) >= 11 is 1.42. The summed E-state index contributed by atoms with van der Waals surface area (Å²) in [5, 5.41) is 6.89. The molecule has 2 fully saturated rings. The van der Waals surface area contributed by atoms with Crippen LogP contribution in [0.5, 0.6) is 0 Å². The number of benzene rings is 1. The number of nitrogen functional groups attached to an aromatic ring is 1. The number of urea groups is 1. The number of nitrogens with two attached hydrogens (primary N) is 1. The third-order valence-electron chi connectivity index (χ3n) is 6.03. The number of unbranched alkanes of at least 4 members (excludes halogenated alkanes) is 1. The van der Waals surface area contributed by atoms with E-state index < -0.39 is 0 Å². The van der Waals surface area contributed by atoms with E-state index in [1.165, 1.54) is 11.3 Å². The normalized spacial score (nSPS) is 18.8. The predicted molar refractivity (Wildman–Crippen MR) is 127 cm³/mol. The fourth-order valence-corrected chi connectivity index (χ4v) is 5.15. The molecular weight excluding hydrogens is 442 g/mol. The molecule has 4 rings (SSSR count). The molecule has 4 amide bonds. The zero-order valence-corrected chi connectivity index (χ0v) is 19.9. The number of hydrazine groups is 1. The van der Waals surface area contributed by atoms with Crippen molar-refractivity contribution in [2.75, 3.05) is 38.5 Å². The van der Waals surface area contributed by atoms with E-state index in [0.29, 0.717) is 31.3 Å². The molecule has 0 radical (unpaired) electrons. The number of amides is 4. The number of fused-ring (bicyclic) bond motifs is 2. The Kier molecular flexibility index (Phi) is 6.99. The van der Waals surface area contributed by atoms with Crippen LogP contribution >= 0.6 is 11.3 Å². The highest BCUT2D eigenvalue weighted by atomic mass is 32.1. The molecule has 0 spiro atoms. The van der Waals surface area contributed by atoms with Gasteiger partial charge < -0.3 is 20.9 Å². The maximum atomic E-state index is 12.9. The minimum absolute atomic E-state index is 0.00655. The van der Waals surface area contributed by atoms with Gasteiger partial charge in [-0.15, -0.1) is 0 Å². The zero-order valence-electron chi connectivity index (χ0n) is 19.1.